The van der Waals surface area contributed by atoms with Crippen LogP contribution in [0.4, 0.5) is 0 Å². The van der Waals surface area contributed by atoms with Gasteiger partial charge in [0.2, 0.25) is 0 Å². The molecule has 1 atom stereocenters. The van der Waals surface area contributed by atoms with Crippen LogP contribution in [0.25, 0.3) is 0 Å². The molecule has 0 aromatic carbocycles. The van der Waals surface area contributed by atoms with Crippen LogP contribution in [0.3, 0.4) is 0 Å². The molecule has 1 N–H and O–H groups in total. The van der Waals surface area contributed by atoms with Crippen molar-refractivity contribution in [2.75, 3.05) is 0 Å². The number of aryl methyl sites for hydroxylation is 2. The standard InChI is InChI=1S/C18H28N2O/c1-11-17(12(2)21-20-11)10-19-13(3)18-7-14-4-15(8-18)6-16(5-14)9-18/h13-16,19H,4-10H2,1-3H3. The third-order valence-corrected chi connectivity index (χ3v) is 6.77. The Hall–Kier alpha value is -0.830. The molecule has 0 spiro atoms. The Balaban J connectivity index is 1.46. The largest absolute Gasteiger partial charge is 0.361 e. The first kappa shape index (κ1) is 13.8. The minimum Gasteiger partial charge on any atom is -0.361 e. The van der Waals surface area contributed by atoms with Crippen molar-refractivity contribution in [1.29, 1.82) is 0 Å². The lowest BCUT2D eigenvalue weighted by molar-refractivity contribution is -0.0706. The number of aromatic nitrogens is 1. The van der Waals surface area contributed by atoms with Crippen molar-refractivity contribution in [3.63, 3.8) is 0 Å². The molecule has 1 aromatic heterocycles. The zero-order valence-electron chi connectivity index (χ0n) is 13.6. The maximum atomic E-state index is 5.29. The van der Waals surface area contributed by atoms with E-state index in [1.807, 2.05) is 13.8 Å². The fourth-order valence-corrected chi connectivity index (χ4v) is 5.93. The van der Waals surface area contributed by atoms with E-state index in [1.54, 1.807) is 0 Å². The Morgan fingerprint density at radius 3 is 2.19 bits per heavy atom. The van der Waals surface area contributed by atoms with Gasteiger partial charge in [-0.2, -0.15) is 0 Å². The molecule has 1 unspecified atom stereocenters. The third-order valence-electron chi connectivity index (χ3n) is 6.77. The van der Waals surface area contributed by atoms with Crippen LogP contribution in [0.1, 0.15) is 62.5 Å². The molecule has 5 rings (SSSR count). The van der Waals surface area contributed by atoms with Gasteiger partial charge in [-0.05, 0) is 82.5 Å². The van der Waals surface area contributed by atoms with E-state index >= 15 is 0 Å². The number of nitrogens with one attached hydrogen (secondary N) is 1. The predicted octanol–water partition coefficient (Wildman–Crippen LogP) is 3.99. The molecule has 4 aliphatic rings. The van der Waals surface area contributed by atoms with Crippen LogP contribution in [0.2, 0.25) is 0 Å². The molecule has 1 heterocycles. The van der Waals surface area contributed by atoms with Gasteiger partial charge in [-0.15, -0.1) is 0 Å². The maximum absolute atomic E-state index is 5.29. The van der Waals surface area contributed by atoms with E-state index < -0.39 is 0 Å². The van der Waals surface area contributed by atoms with Crippen molar-refractivity contribution < 1.29 is 4.52 Å². The Morgan fingerprint density at radius 1 is 1.14 bits per heavy atom. The normalized spacial score (nSPS) is 38.9. The number of hydrogen-bond acceptors (Lipinski definition) is 3. The monoisotopic (exact) mass is 288 g/mol. The minimum atomic E-state index is 0.577. The minimum absolute atomic E-state index is 0.577. The third kappa shape index (κ3) is 2.25. The van der Waals surface area contributed by atoms with E-state index in [4.69, 9.17) is 4.52 Å². The number of rotatable bonds is 4. The fraction of sp³-hybridized carbons (Fsp3) is 0.833. The van der Waals surface area contributed by atoms with Crippen LogP contribution in [0.15, 0.2) is 4.52 Å². The molecular weight excluding hydrogens is 260 g/mol. The summed E-state index contributed by atoms with van der Waals surface area (Å²) in [5.74, 6) is 4.05. The fourth-order valence-electron chi connectivity index (χ4n) is 5.93. The van der Waals surface area contributed by atoms with Crippen LogP contribution in [-0.2, 0) is 6.54 Å². The van der Waals surface area contributed by atoms with Gasteiger partial charge in [-0.25, -0.2) is 0 Å². The highest BCUT2D eigenvalue weighted by atomic mass is 16.5. The van der Waals surface area contributed by atoms with Crippen molar-refractivity contribution in [3.05, 3.63) is 17.0 Å². The maximum Gasteiger partial charge on any atom is 0.138 e. The molecule has 1 aromatic rings. The van der Waals surface area contributed by atoms with E-state index in [0.29, 0.717) is 11.5 Å². The quantitative estimate of drug-likeness (QED) is 0.910. The summed E-state index contributed by atoms with van der Waals surface area (Å²) in [4.78, 5) is 0. The van der Waals surface area contributed by atoms with Crippen LogP contribution in [0, 0.1) is 37.0 Å². The molecule has 4 aliphatic carbocycles. The Kier molecular flexibility index (Phi) is 3.18. The van der Waals surface area contributed by atoms with Gasteiger partial charge in [0, 0.05) is 18.2 Å². The van der Waals surface area contributed by atoms with Crippen molar-refractivity contribution in [2.45, 2.75) is 71.9 Å². The van der Waals surface area contributed by atoms with Gasteiger partial charge in [0.25, 0.3) is 0 Å². The summed E-state index contributed by atoms with van der Waals surface area (Å²) in [5.41, 5.74) is 2.87. The SMILES string of the molecule is Cc1noc(C)c1CNC(C)C12CC3CC(CC(C3)C1)C2. The molecule has 0 saturated heterocycles. The topological polar surface area (TPSA) is 38.1 Å². The zero-order chi connectivity index (χ0) is 14.6. The van der Waals surface area contributed by atoms with Crippen LogP contribution < -0.4 is 5.32 Å². The molecule has 21 heavy (non-hydrogen) atoms. The summed E-state index contributed by atoms with van der Waals surface area (Å²) >= 11 is 0. The second-order valence-electron chi connectivity index (χ2n) is 8.19. The summed E-state index contributed by atoms with van der Waals surface area (Å²) in [6, 6.07) is 0.611. The van der Waals surface area contributed by atoms with E-state index in [1.165, 1.54) is 44.1 Å². The van der Waals surface area contributed by atoms with Gasteiger partial charge >= 0.3 is 0 Å². The van der Waals surface area contributed by atoms with Crippen molar-refractivity contribution in [1.82, 2.24) is 10.5 Å². The van der Waals surface area contributed by atoms with Gasteiger partial charge in [0.15, 0.2) is 0 Å². The highest BCUT2D eigenvalue weighted by molar-refractivity contribution is 5.20. The Labute approximate surface area is 127 Å². The van der Waals surface area contributed by atoms with Crippen molar-refractivity contribution in [2.24, 2.45) is 23.2 Å². The van der Waals surface area contributed by atoms with Crippen LogP contribution >= 0.6 is 0 Å². The first-order chi connectivity index (χ1) is 10.1. The van der Waals surface area contributed by atoms with Gasteiger partial charge in [0.1, 0.15) is 5.76 Å². The molecule has 3 nitrogen and oxygen atoms in total. The van der Waals surface area contributed by atoms with Gasteiger partial charge in [-0.1, -0.05) is 5.16 Å². The second-order valence-corrected chi connectivity index (χ2v) is 8.19. The summed E-state index contributed by atoms with van der Waals surface area (Å²) in [6.07, 6.45) is 8.97. The smallest absolute Gasteiger partial charge is 0.138 e. The highest BCUT2D eigenvalue weighted by Crippen LogP contribution is 2.61. The average molecular weight is 288 g/mol. The Morgan fingerprint density at radius 2 is 1.71 bits per heavy atom. The molecule has 0 radical (unpaired) electrons. The Bertz CT molecular complexity index is 479. The molecule has 116 valence electrons. The molecule has 3 heteroatoms. The number of nitrogens with zero attached hydrogens (tertiary/aromatic N) is 1. The average Bonchev–Trinajstić information content (AvgIpc) is 2.74. The molecular formula is C18H28N2O. The summed E-state index contributed by atoms with van der Waals surface area (Å²) in [6.45, 7) is 7.39. The lowest BCUT2D eigenvalue weighted by atomic mass is 9.48. The van der Waals surface area contributed by atoms with Crippen LogP contribution in [0.5, 0.6) is 0 Å². The van der Waals surface area contributed by atoms with Gasteiger partial charge in [-0.3, -0.25) is 0 Å². The van der Waals surface area contributed by atoms with Gasteiger partial charge < -0.3 is 9.84 Å². The second kappa shape index (κ2) is 4.84. The molecule has 0 amide bonds. The van der Waals surface area contributed by atoms with E-state index in [-0.39, 0.29) is 0 Å². The highest BCUT2D eigenvalue weighted by Gasteiger charge is 2.52. The van der Waals surface area contributed by atoms with Gasteiger partial charge in [0.05, 0.1) is 5.69 Å². The lowest BCUT2D eigenvalue weighted by Gasteiger charge is -2.59. The molecule has 4 saturated carbocycles. The molecule has 0 aliphatic heterocycles. The van der Waals surface area contributed by atoms with Crippen LogP contribution in [-0.4, -0.2) is 11.2 Å². The summed E-state index contributed by atoms with van der Waals surface area (Å²) in [5, 5.41) is 7.90. The zero-order valence-corrected chi connectivity index (χ0v) is 13.6. The first-order valence-corrected chi connectivity index (χ1v) is 8.71. The predicted molar refractivity (Wildman–Crippen MR) is 82.9 cm³/mol. The summed E-state index contributed by atoms with van der Waals surface area (Å²) in [7, 11) is 0. The van der Waals surface area contributed by atoms with Crippen molar-refractivity contribution >= 4 is 0 Å². The van der Waals surface area contributed by atoms with Crippen molar-refractivity contribution in [3.8, 4) is 0 Å². The lowest BCUT2D eigenvalue weighted by Crippen LogP contribution is -2.54. The van der Waals surface area contributed by atoms with E-state index in [0.717, 1.165) is 35.8 Å². The molecule has 4 bridgehead atoms. The van der Waals surface area contributed by atoms with E-state index in [2.05, 4.69) is 17.4 Å². The number of hydrogen-bond donors (Lipinski definition) is 1. The molecule has 4 fully saturated rings. The summed E-state index contributed by atoms with van der Waals surface area (Å²) < 4.78 is 5.29. The first-order valence-electron chi connectivity index (χ1n) is 8.71. The van der Waals surface area contributed by atoms with E-state index in [9.17, 15) is 0 Å².